The molecule has 11 heteroatoms. The first-order valence-corrected chi connectivity index (χ1v) is 12.8. The van der Waals surface area contributed by atoms with Crippen molar-refractivity contribution in [2.45, 2.75) is 40.0 Å². The Morgan fingerprint density at radius 1 is 1.08 bits per heavy atom. The monoisotopic (exact) mass is 515 g/mol. The van der Waals surface area contributed by atoms with Crippen LogP contribution in [0.2, 0.25) is 0 Å². The molecule has 1 saturated heterocycles. The number of nitrogens with zero attached hydrogens (tertiary/aromatic N) is 8. The second-order valence-electron chi connectivity index (χ2n) is 10.5. The fourth-order valence-electron chi connectivity index (χ4n) is 4.33. The van der Waals surface area contributed by atoms with Crippen LogP contribution in [0.1, 0.15) is 49.5 Å². The molecule has 0 unspecified atom stereocenters. The van der Waals surface area contributed by atoms with E-state index in [1.54, 1.807) is 23.0 Å². The Balaban J connectivity index is 1.34. The molecule has 4 aromatic heterocycles. The smallest absolute Gasteiger partial charge is 0.258 e. The number of carbonyl (C=O) groups excluding carboxylic acids is 1. The van der Waals surface area contributed by atoms with E-state index in [2.05, 4.69) is 53.5 Å². The molecule has 0 aliphatic carbocycles. The van der Waals surface area contributed by atoms with Crippen molar-refractivity contribution in [3.8, 4) is 16.9 Å². The third-order valence-corrected chi connectivity index (χ3v) is 6.76. The van der Waals surface area contributed by atoms with Gasteiger partial charge in [-0.3, -0.25) is 14.8 Å². The number of carbonyl (C=O) groups is 1. The molecule has 0 atom stereocenters. The first-order chi connectivity index (χ1) is 18.2. The number of hydrogen-bond donors (Lipinski definition) is 1. The fourth-order valence-corrected chi connectivity index (χ4v) is 4.33. The molecule has 11 nitrogen and oxygen atoms in total. The molecule has 1 N–H and O–H groups in total. The molecule has 0 spiro atoms. The summed E-state index contributed by atoms with van der Waals surface area (Å²) in [7, 11) is 0. The number of aryl methyl sites for hydroxylation is 1. The summed E-state index contributed by atoms with van der Waals surface area (Å²) in [5.41, 5.74) is 4.19. The Morgan fingerprint density at radius 2 is 1.87 bits per heavy atom. The van der Waals surface area contributed by atoms with Gasteiger partial charge in [0.2, 0.25) is 0 Å². The molecule has 0 radical (unpaired) electrons. The normalized spacial score (nSPS) is 14.6. The van der Waals surface area contributed by atoms with Crippen LogP contribution in [0.25, 0.3) is 16.9 Å². The maximum absolute atomic E-state index is 12.9. The number of piperazine rings is 1. The van der Waals surface area contributed by atoms with E-state index in [1.807, 2.05) is 40.1 Å². The number of nitrogens with one attached hydrogen (secondary N) is 1. The van der Waals surface area contributed by atoms with Gasteiger partial charge in [-0.05, 0) is 25.6 Å². The van der Waals surface area contributed by atoms with Crippen molar-refractivity contribution in [1.29, 1.82) is 0 Å². The number of amides is 1. The Morgan fingerprint density at radius 3 is 2.58 bits per heavy atom. The average Bonchev–Trinajstić information content (AvgIpc) is 3.59. The summed E-state index contributed by atoms with van der Waals surface area (Å²) in [5.74, 6) is 0.703. The van der Waals surface area contributed by atoms with Crippen LogP contribution >= 0.6 is 0 Å². The Bertz CT molecular complexity index is 1430. The summed E-state index contributed by atoms with van der Waals surface area (Å²) in [6.45, 7) is 15.2. The van der Waals surface area contributed by atoms with Crippen molar-refractivity contribution >= 4 is 17.4 Å². The molecule has 1 aliphatic rings. The molecule has 4 aromatic rings. The Hall–Kier alpha value is -4.12. The number of likely N-dealkylation sites (N-methyl/N-ethyl adjacent to an activating group) is 1. The number of anilines is 2. The van der Waals surface area contributed by atoms with Gasteiger partial charge in [-0.1, -0.05) is 38.1 Å². The van der Waals surface area contributed by atoms with Crippen molar-refractivity contribution in [3.63, 3.8) is 0 Å². The van der Waals surface area contributed by atoms with Crippen molar-refractivity contribution in [1.82, 2.24) is 35.0 Å². The SMILES string of the molecule is CCN1CCN(c2cncc(-c3cn(-c4cc(C(=O)Nc5cc(C(C)(C)C)on5)cnc4C)nn3)c2)CC1. The van der Waals surface area contributed by atoms with E-state index in [0.29, 0.717) is 28.5 Å². The second kappa shape index (κ2) is 10.3. The molecule has 38 heavy (non-hydrogen) atoms. The van der Waals surface area contributed by atoms with Crippen molar-refractivity contribution in [2.24, 2.45) is 0 Å². The van der Waals surface area contributed by atoms with Crippen molar-refractivity contribution in [3.05, 3.63) is 60.0 Å². The summed E-state index contributed by atoms with van der Waals surface area (Å²) in [4.78, 5) is 26.6. The lowest BCUT2D eigenvalue weighted by molar-refractivity contribution is 0.102. The highest BCUT2D eigenvalue weighted by Crippen LogP contribution is 2.26. The van der Waals surface area contributed by atoms with Crippen LogP contribution in [0.5, 0.6) is 0 Å². The van der Waals surface area contributed by atoms with Gasteiger partial charge >= 0.3 is 0 Å². The molecule has 1 aliphatic heterocycles. The van der Waals surface area contributed by atoms with Crippen LogP contribution < -0.4 is 10.2 Å². The van der Waals surface area contributed by atoms with Crippen LogP contribution in [0.15, 0.2) is 47.5 Å². The molecule has 1 fully saturated rings. The molecule has 5 rings (SSSR count). The van der Waals surface area contributed by atoms with Gasteiger partial charge < -0.3 is 19.6 Å². The van der Waals surface area contributed by atoms with Crippen LogP contribution in [0.3, 0.4) is 0 Å². The van der Waals surface area contributed by atoms with Crippen LogP contribution in [-0.2, 0) is 5.41 Å². The maximum atomic E-state index is 12.9. The first-order valence-electron chi connectivity index (χ1n) is 12.8. The molecule has 1 amide bonds. The first kappa shape index (κ1) is 25.5. The lowest BCUT2D eigenvalue weighted by atomic mass is 9.93. The minimum atomic E-state index is -0.340. The standard InChI is InChI=1S/C27H33N9O2/c1-6-34-7-9-35(10-8-34)21-11-19(14-28-16-21)22-17-36(33-31-22)23-12-20(15-29-18(23)2)26(37)30-25-13-24(38-32-25)27(3,4)5/h11-17H,6-10H2,1-5H3,(H,30,32,37). The van der Waals surface area contributed by atoms with Gasteiger partial charge in [-0.25, -0.2) is 4.68 Å². The van der Waals surface area contributed by atoms with Crippen LogP contribution in [-0.4, -0.2) is 73.6 Å². The van der Waals surface area contributed by atoms with E-state index in [9.17, 15) is 4.79 Å². The van der Waals surface area contributed by atoms with Crippen LogP contribution in [0, 0.1) is 6.92 Å². The highest BCUT2D eigenvalue weighted by Gasteiger charge is 2.21. The van der Waals surface area contributed by atoms with E-state index in [-0.39, 0.29) is 11.3 Å². The van der Waals surface area contributed by atoms with Gasteiger partial charge in [0, 0.05) is 55.6 Å². The summed E-state index contributed by atoms with van der Waals surface area (Å²) < 4.78 is 7.00. The predicted octanol–water partition coefficient (Wildman–Crippen LogP) is 3.71. The minimum Gasteiger partial charge on any atom is -0.368 e. The number of pyridine rings is 2. The third-order valence-electron chi connectivity index (χ3n) is 6.76. The van der Waals surface area contributed by atoms with Gasteiger partial charge in [-0.2, -0.15) is 0 Å². The fraction of sp³-hybridized carbons (Fsp3) is 0.407. The predicted molar refractivity (Wildman–Crippen MR) is 145 cm³/mol. The summed E-state index contributed by atoms with van der Waals surface area (Å²) in [6.07, 6.45) is 7.04. The maximum Gasteiger partial charge on any atom is 0.258 e. The minimum absolute atomic E-state index is 0.210. The van der Waals surface area contributed by atoms with Gasteiger partial charge in [-0.15, -0.1) is 5.10 Å². The van der Waals surface area contributed by atoms with Gasteiger partial charge in [0.1, 0.15) is 11.5 Å². The zero-order chi connectivity index (χ0) is 26.9. The average molecular weight is 516 g/mol. The summed E-state index contributed by atoms with van der Waals surface area (Å²) in [5, 5.41) is 15.4. The molecule has 198 valence electrons. The van der Waals surface area contributed by atoms with E-state index < -0.39 is 0 Å². The largest absolute Gasteiger partial charge is 0.368 e. The number of rotatable bonds is 6. The number of hydrogen-bond acceptors (Lipinski definition) is 9. The second-order valence-corrected chi connectivity index (χ2v) is 10.5. The molecule has 0 aromatic carbocycles. The summed E-state index contributed by atoms with van der Waals surface area (Å²) in [6, 6.07) is 5.57. The van der Waals surface area contributed by atoms with Gasteiger partial charge in [0.25, 0.3) is 5.91 Å². The van der Waals surface area contributed by atoms with E-state index in [0.717, 1.165) is 49.7 Å². The summed E-state index contributed by atoms with van der Waals surface area (Å²) >= 11 is 0. The topological polar surface area (TPSA) is 118 Å². The highest BCUT2D eigenvalue weighted by atomic mass is 16.5. The quantitative estimate of drug-likeness (QED) is 0.410. The zero-order valence-corrected chi connectivity index (χ0v) is 22.5. The molecule has 5 heterocycles. The lowest BCUT2D eigenvalue weighted by Gasteiger charge is -2.35. The van der Waals surface area contributed by atoms with Gasteiger partial charge in [0.15, 0.2) is 5.82 Å². The molecular formula is C27H33N9O2. The number of aromatic nitrogens is 6. The van der Waals surface area contributed by atoms with E-state index in [1.165, 1.54) is 6.20 Å². The molecule has 0 saturated carbocycles. The Labute approximate surface area is 221 Å². The van der Waals surface area contributed by atoms with Crippen molar-refractivity contribution in [2.75, 3.05) is 42.9 Å². The zero-order valence-electron chi connectivity index (χ0n) is 22.5. The lowest BCUT2D eigenvalue weighted by Crippen LogP contribution is -2.46. The van der Waals surface area contributed by atoms with Crippen molar-refractivity contribution < 1.29 is 9.32 Å². The van der Waals surface area contributed by atoms with Crippen LogP contribution in [0.4, 0.5) is 11.5 Å². The van der Waals surface area contributed by atoms with E-state index in [4.69, 9.17) is 4.52 Å². The molecular weight excluding hydrogens is 482 g/mol. The van der Waals surface area contributed by atoms with Gasteiger partial charge in [0.05, 0.1) is 35.0 Å². The Kier molecular flexibility index (Phi) is 6.94. The highest BCUT2D eigenvalue weighted by molar-refractivity contribution is 6.03. The molecule has 0 bridgehead atoms. The third kappa shape index (κ3) is 5.42. The van der Waals surface area contributed by atoms with E-state index >= 15 is 0 Å².